The van der Waals surface area contributed by atoms with Gasteiger partial charge in [0, 0.05) is 0 Å². The highest BCUT2D eigenvalue weighted by atomic mass is 127. The van der Waals surface area contributed by atoms with Crippen LogP contribution in [0.2, 0.25) is 0 Å². The smallest absolute Gasteiger partial charge is 0.103 e. The summed E-state index contributed by atoms with van der Waals surface area (Å²) in [5.74, 6) is 0.377. The molecule has 1 aliphatic carbocycles. The van der Waals surface area contributed by atoms with E-state index in [4.69, 9.17) is 0 Å². The van der Waals surface area contributed by atoms with Crippen LogP contribution < -0.4 is 0 Å². The molecule has 0 aromatic rings. The summed E-state index contributed by atoms with van der Waals surface area (Å²) >= 11 is 2.36. The van der Waals surface area contributed by atoms with Gasteiger partial charge in [0.25, 0.3) is 0 Å². The van der Waals surface area contributed by atoms with Gasteiger partial charge in [-0.05, 0) is 29.6 Å². The predicted molar refractivity (Wildman–Crippen MR) is 59.6 cm³/mol. The molecule has 1 aliphatic rings. The second kappa shape index (κ2) is 6.17. The van der Waals surface area contributed by atoms with E-state index in [1.54, 1.807) is 0 Å². The van der Waals surface area contributed by atoms with Gasteiger partial charge in [-0.2, -0.15) is 0 Å². The third kappa shape index (κ3) is 3.58. The van der Waals surface area contributed by atoms with Gasteiger partial charge in [0.2, 0.25) is 0 Å². The lowest BCUT2D eigenvalue weighted by molar-refractivity contribution is 0.182. The van der Waals surface area contributed by atoms with Crippen molar-refractivity contribution in [2.45, 2.75) is 51.1 Å². The minimum absolute atomic E-state index is 0.377. The highest BCUT2D eigenvalue weighted by Gasteiger charge is 2.21. The minimum atomic E-state index is -0.500. The highest BCUT2D eigenvalue weighted by molar-refractivity contribution is 14.1. The third-order valence-electron chi connectivity index (χ3n) is 2.80. The Kier molecular flexibility index (Phi) is 5.52. The van der Waals surface area contributed by atoms with E-state index >= 15 is 0 Å². The van der Waals surface area contributed by atoms with Crippen LogP contribution in [0.4, 0.5) is 4.39 Å². The lowest BCUT2D eigenvalue weighted by Gasteiger charge is -2.22. The SMILES string of the molecule is FC1CCCCCCC1CCI. The molecule has 0 aromatic heterocycles. The maximum Gasteiger partial charge on any atom is 0.103 e. The van der Waals surface area contributed by atoms with Crippen LogP contribution in [0.15, 0.2) is 0 Å². The topological polar surface area (TPSA) is 0 Å². The Morgan fingerprint density at radius 3 is 2.42 bits per heavy atom. The first-order chi connectivity index (χ1) is 5.84. The summed E-state index contributed by atoms with van der Waals surface area (Å²) in [4.78, 5) is 0. The maximum absolute atomic E-state index is 13.5. The van der Waals surface area contributed by atoms with Crippen molar-refractivity contribution in [2.75, 3.05) is 4.43 Å². The second-order valence-corrected chi connectivity index (χ2v) is 4.82. The molecule has 0 nitrogen and oxygen atoms in total. The lowest BCUT2D eigenvalue weighted by atomic mass is 9.88. The minimum Gasteiger partial charge on any atom is -0.247 e. The van der Waals surface area contributed by atoms with Crippen molar-refractivity contribution >= 4 is 22.6 Å². The highest BCUT2D eigenvalue weighted by Crippen LogP contribution is 2.27. The molecule has 0 saturated heterocycles. The van der Waals surface area contributed by atoms with Crippen LogP contribution in [0.1, 0.15) is 44.9 Å². The Morgan fingerprint density at radius 2 is 1.75 bits per heavy atom. The van der Waals surface area contributed by atoms with E-state index in [0.29, 0.717) is 5.92 Å². The lowest BCUT2D eigenvalue weighted by Crippen LogP contribution is -2.18. The van der Waals surface area contributed by atoms with Gasteiger partial charge in [-0.1, -0.05) is 48.3 Å². The summed E-state index contributed by atoms with van der Waals surface area (Å²) in [5.41, 5.74) is 0. The van der Waals surface area contributed by atoms with Crippen molar-refractivity contribution in [1.29, 1.82) is 0 Å². The molecule has 0 N–H and O–H groups in total. The normalized spacial score (nSPS) is 32.5. The zero-order chi connectivity index (χ0) is 8.81. The third-order valence-corrected chi connectivity index (χ3v) is 3.42. The molecule has 1 fully saturated rings. The van der Waals surface area contributed by atoms with Gasteiger partial charge in [0.05, 0.1) is 0 Å². The first kappa shape index (κ1) is 10.7. The van der Waals surface area contributed by atoms with E-state index in [1.807, 2.05) is 0 Å². The molecule has 1 rings (SSSR count). The van der Waals surface area contributed by atoms with Gasteiger partial charge in [-0.3, -0.25) is 0 Å². The van der Waals surface area contributed by atoms with Crippen molar-refractivity contribution in [3.63, 3.8) is 0 Å². The van der Waals surface area contributed by atoms with E-state index in [2.05, 4.69) is 22.6 Å². The molecule has 1 saturated carbocycles. The molecular formula is C10H18FI. The van der Waals surface area contributed by atoms with Gasteiger partial charge in [-0.25, -0.2) is 4.39 Å². The fourth-order valence-electron chi connectivity index (χ4n) is 1.98. The van der Waals surface area contributed by atoms with Crippen LogP contribution in [0.25, 0.3) is 0 Å². The Labute approximate surface area is 88.4 Å². The molecular weight excluding hydrogens is 266 g/mol. The predicted octanol–water partition coefficient (Wildman–Crippen LogP) is 4.12. The largest absolute Gasteiger partial charge is 0.247 e. The van der Waals surface area contributed by atoms with E-state index in [1.165, 1.54) is 19.3 Å². The summed E-state index contributed by atoms with van der Waals surface area (Å²) < 4.78 is 14.6. The van der Waals surface area contributed by atoms with Gasteiger partial charge >= 0.3 is 0 Å². The standard InChI is InChI=1S/C10H18FI/c11-10-6-4-2-1-3-5-9(10)7-8-12/h9-10H,1-8H2. The van der Waals surface area contributed by atoms with Crippen LogP contribution in [-0.2, 0) is 0 Å². The van der Waals surface area contributed by atoms with E-state index in [0.717, 1.165) is 30.1 Å². The summed E-state index contributed by atoms with van der Waals surface area (Å²) in [6.45, 7) is 0. The summed E-state index contributed by atoms with van der Waals surface area (Å²) in [5, 5.41) is 0. The number of rotatable bonds is 2. The molecule has 0 bridgehead atoms. The second-order valence-electron chi connectivity index (χ2n) is 3.75. The maximum atomic E-state index is 13.5. The average Bonchev–Trinajstić information content (AvgIpc) is 2.05. The summed E-state index contributed by atoms with van der Waals surface area (Å²) in [6, 6.07) is 0. The van der Waals surface area contributed by atoms with Gasteiger partial charge in [0.1, 0.15) is 6.17 Å². The Hall–Kier alpha value is 0.660. The molecule has 0 spiro atoms. The zero-order valence-electron chi connectivity index (χ0n) is 7.57. The quantitative estimate of drug-likeness (QED) is 0.528. The van der Waals surface area contributed by atoms with Crippen molar-refractivity contribution < 1.29 is 4.39 Å². The van der Waals surface area contributed by atoms with Crippen molar-refractivity contribution in [3.05, 3.63) is 0 Å². The Bertz CT molecular complexity index is 116. The first-order valence-electron chi connectivity index (χ1n) is 5.04. The Morgan fingerprint density at radius 1 is 1.08 bits per heavy atom. The molecule has 0 aromatic carbocycles. The number of hydrogen-bond donors (Lipinski definition) is 0. The molecule has 2 unspecified atom stereocenters. The summed E-state index contributed by atoms with van der Waals surface area (Å²) in [7, 11) is 0. The van der Waals surface area contributed by atoms with E-state index in [-0.39, 0.29) is 0 Å². The molecule has 12 heavy (non-hydrogen) atoms. The van der Waals surface area contributed by atoms with E-state index < -0.39 is 6.17 Å². The average molecular weight is 284 g/mol. The number of halogens is 2. The first-order valence-corrected chi connectivity index (χ1v) is 6.57. The van der Waals surface area contributed by atoms with Gasteiger partial charge in [-0.15, -0.1) is 0 Å². The van der Waals surface area contributed by atoms with Crippen LogP contribution in [0.5, 0.6) is 0 Å². The Balaban J connectivity index is 2.32. The van der Waals surface area contributed by atoms with Crippen molar-refractivity contribution in [1.82, 2.24) is 0 Å². The molecule has 72 valence electrons. The van der Waals surface area contributed by atoms with Crippen molar-refractivity contribution in [2.24, 2.45) is 5.92 Å². The monoisotopic (exact) mass is 284 g/mol. The van der Waals surface area contributed by atoms with Gasteiger partial charge < -0.3 is 0 Å². The molecule has 2 atom stereocenters. The van der Waals surface area contributed by atoms with Crippen molar-refractivity contribution in [3.8, 4) is 0 Å². The van der Waals surface area contributed by atoms with Crippen LogP contribution in [-0.4, -0.2) is 10.6 Å². The van der Waals surface area contributed by atoms with Gasteiger partial charge in [0.15, 0.2) is 0 Å². The molecule has 0 aliphatic heterocycles. The number of alkyl halides is 2. The fraction of sp³-hybridized carbons (Fsp3) is 1.00. The molecule has 0 radical (unpaired) electrons. The van der Waals surface area contributed by atoms with Crippen LogP contribution >= 0.6 is 22.6 Å². The number of hydrogen-bond acceptors (Lipinski definition) is 0. The molecule has 0 amide bonds. The summed E-state index contributed by atoms with van der Waals surface area (Å²) in [6.07, 6.45) is 7.47. The zero-order valence-corrected chi connectivity index (χ0v) is 9.72. The van der Waals surface area contributed by atoms with Crippen LogP contribution in [0, 0.1) is 5.92 Å². The molecule has 0 heterocycles. The van der Waals surface area contributed by atoms with Crippen LogP contribution in [0.3, 0.4) is 0 Å². The fourth-order valence-corrected chi connectivity index (χ4v) is 2.78. The molecule has 2 heteroatoms. The van der Waals surface area contributed by atoms with E-state index in [9.17, 15) is 4.39 Å².